The van der Waals surface area contributed by atoms with Gasteiger partial charge in [0.2, 0.25) is 0 Å². The van der Waals surface area contributed by atoms with Crippen molar-refractivity contribution in [2.45, 2.75) is 0 Å². The summed E-state index contributed by atoms with van der Waals surface area (Å²) in [6.07, 6.45) is 0. The number of furan rings is 1. The van der Waals surface area contributed by atoms with Crippen molar-refractivity contribution in [3.05, 3.63) is 198 Å². The molecule has 0 amide bonds. The molecule has 0 saturated carbocycles. The number of aromatic nitrogens is 1. The molecule has 10 aromatic rings. The Bertz CT molecular complexity index is 3530. The van der Waals surface area contributed by atoms with Crippen LogP contribution in [0.3, 0.4) is 0 Å². The lowest BCUT2D eigenvalue weighted by Crippen LogP contribution is -2.08. The minimum absolute atomic E-state index is 0.469. The van der Waals surface area contributed by atoms with E-state index < -0.39 is 39.6 Å². The fourth-order valence-corrected chi connectivity index (χ4v) is 20.6. The smallest absolute Gasteiger partial charge is 0.137 e. The summed E-state index contributed by atoms with van der Waals surface area (Å²) in [5.41, 5.74) is 13.1. The van der Waals surface area contributed by atoms with Crippen LogP contribution in [0.2, 0.25) is 0 Å². The molecule has 1 aliphatic carbocycles. The zero-order chi connectivity index (χ0) is 36.4. The molecule has 0 bridgehead atoms. The predicted molar refractivity (Wildman–Crippen MR) is 255 cm³/mol. The van der Waals surface area contributed by atoms with Crippen molar-refractivity contribution in [2.75, 3.05) is 0 Å². The van der Waals surface area contributed by atoms with Gasteiger partial charge in [0, 0.05) is 52.9 Å². The number of halogens is 2. The maximum absolute atomic E-state index is 6.84. The Morgan fingerprint density at radius 2 is 1.18 bits per heavy atom. The maximum atomic E-state index is 6.84. The Morgan fingerprint density at radius 1 is 0.527 bits per heavy atom. The van der Waals surface area contributed by atoms with E-state index in [2.05, 4.69) is 168 Å². The summed E-state index contributed by atoms with van der Waals surface area (Å²) in [5.74, 6) is 0. The lowest BCUT2D eigenvalue weighted by atomic mass is 9.97. The summed E-state index contributed by atoms with van der Waals surface area (Å²) in [5, 5.41) is 9.81. The molecule has 55 heavy (non-hydrogen) atoms. The summed E-state index contributed by atoms with van der Waals surface area (Å²) >= 11 is -2.56. The van der Waals surface area contributed by atoms with Crippen molar-refractivity contribution < 1.29 is 4.42 Å². The van der Waals surface area contributed by atoms with Crippen LogP contribution in [-0.2, 0) is 0 Å². The highest BCUT2D eigenvalue weighted by molar-refractivity contribution is 14.3. The molecule has 0 spiro atoms. The Kier molecular flexibility index (Phi) is 6.91. The van der Waals surface area contributed by atoms with E-state index in [-0.39, 0.29) is 0 Å². The van der Waals surface area contributed by atoms with Gasteiger partial charge in [-0.25, -0.2) is 0 Å². The lowest BCUT2D eigenvalue weighted by molar-refractivity contribution is 0.668. The van der Waals surface area contributed by atoms with Crippen LogP contribution < -0.4 is 0 Å². The largest absolute Gasteiger partial charge is 0.456 e. The zero-order valence-electron chi connectivity index (χ0n) is 29.6. The molecule has 2 nitrogen and oxygen atoms in total. The van der Waals surface area contributed by atoms with E-state index in [9.17, 15) is 0 Å². The monoisotopic (exact) mass is 927 g/mol. The van der Waals surface area contributed by atoms with Gasteiger partial charge in [0.1, 0.15) is 11.2 Å². The molecule has 2 aromatic heterocycles. The first-order valence-corrected chi connectivity index (χ1v) is 24.2. The summed E-state index contributed by atoms with van der Waals surface area (Å²) in [6.45, 7) is 4.70. The fraction of sp³-hybridized carbons (Fsp3) is 0. The van der Waals surface area contributed by atoms with Gasteiger partial charge < -0.3 is 8.98 Å². The van der Waals surface area contributed by atoms with Crippen molar-refractivity contribution in [1.82, 2.24) is 4.57 Å². The molecule has 0 fully saturated rings. The van der Waals surface area contributed by atoms with Crippen LogP contribution in [0, 0.1) is 0 Å². The number of hydrogen-bond donors (Lipinski definition) is 0. The number of allylic oxidation sites excluding steroid dienone is 2. The topological polar surface area (TPSA) is 18.1 Å². The zero-order valence-corrected chi connectivity index (χ0v) is 33.9. The third-order valence-electron chi connectivity index (χ3n) is 11.3. The van der Waals surface area contributed by atoms with E-state index in [0.717, 1.165) is 27.6 Å². The van der Waals surface area contributed by atoms with Crippen LogP contribution >= 0.6 is 39.6 Å². The van der Waals surface area contributed by atoms with Crippen molar-refractivity contribution in [1.29, 1.82) is 0 Å². The minimum atomic E-state index is -2.10. The molecule has 8 aromatic carbocycles. The molecule has 0 atom stereocenters. The van der Waals surface area contributed by atoms with E-state index in [1.165, 1.54) is 83.8 Å². The highest BCUT2D eigenvalue weighted by Crippen LogP contribution is 2.54. The molecule has 3 heterocycles. The van der Waals surface area contributed by atoms with Gasteiger partial charge in [-0.2, -0.15) is 0 Å². The highest BCUT2D eigenvalue weighted by atomic mass is 127. The molecule has 0 unspecified atom stereocenters. The van der Waals surface area contributed by atoms with E-state index in [1.807, 2.05) is 0 Å². The second kappa shape index (κ2) is 12.0. The summed E-state index contributed by atoms with van der Waals surface area (Å²) in [7, 11) is 0. The van der Waals surface area contributed by atoms with Crippen molar-refractivity contribution >= 4 is 124 Å². The molecule has 12 rings (SSSR count). The Labute approximate surface area is 333 Å². The number of rotatable bonds is 3. The second-order valence-electron chi connectivity index (χ2n) is 14.3. The van der Waals surface area contributed by atoms with Crippen LogP contribution in [0.1, 0.15) is 22.3 Å². The molecule has 0 saturated heterocycles. The van der Waals surface area contributed by atoms with Crippen molar-refractivity contribution in [2.24, 2.45) is 0 Å². The van der Waals surface area contributed by atoms with E-state index >= 15 is 0 Å². The molecule has 1 aliphatic heterocycles. The molecule has 0 radical (unpaired) electrons. The standard InChI is InChI=1S/C51H31I2NO/c1-30-37-14-7-8-17-42(37)48-47(30)49(34-20-19-31-11-3-4-13-33(31)27-34)53(2)51(52-48)35-22-24-40-41-26-23-36(29-46(41)55-45(40)28-35)54-44-18-10-9-16-39(44)43-25-21-32-12-5-6-15-38(32)50(43)54/h3-29H,1-2H2. The van der Waals surface area contributed by atoms with E-state index in [1.54, 1.807) is 1.52 Å². The molecule has 260 valence electrons. The van der Waals surface area contributed by atoms with Gasteiger partial charge in [0.05, 0.1) is 11.0 Å². The van der Waals surface area contributed by atoms with Gasteiger partial charge in [-0.1, -0.05) is 153 Å². The quantitative estimate of drug-likeness (QED) is 0.162. The van der Waals surface area contributed by atoms with Crippen LogP contribution in [0.25, 0.3) is 80.1 Å². The number of nitrogens with zero attached hydrogens (tertiary/aromatic N) is 1. The second-order valence-corrected chi connectivity index (χ2v) is 23.3. The number of hydrogen-bond acceptors (Lipinski definition) is 1. The number of benzene rings is 8. The molecular weight excluding hydrogens is 896 g/mol. The summed E-state index contributed by atoms with van der Waals surface area (Å²) < 4.78 is 18.8. The van der Waals surface area contributed by atoms with Gasteiger partial charge in [0.15, 0.2) is 0 Å². The molecular formula is C51H31I2NO. The third kappa shape index (κ3) is 4.61. The Balaban J connectivity index is 1.04. The van der Waals surface area contributed by atoms with Gasteiger partial charge in [-0.05, 0) is 80.4 Å². The average Bonchev–Trinajstić information content (AvgIpc) is 3.87. The van der Waals surface area contributed by atoms with Crippen LogP contribution in [-0.4, -0.2) is 14.1 Å². The van der Waals surface area contributed by atoms with E-state index in [0.29, 0.717) is 0 Å². The SMILES string of the molecule is C=C1C2=C(I=C(c3ccc4c(c3)oc3cc(-n5c6ccccc6c6ccc7ccccc7c65)ccc34)I(=C)=C2c2ccc3ccccc3c2)c2ccccc21. The first kappa shape index (κ1) is 31.7. The van der Waals surface area contributed by atoms with Gasteiger partial charge in [-0.3, -0.25) is 0 Å². The molecule has 0 N–H and O–H groups in total. The van der Waals surface area contributed by atoms with Crippen LogP contribution in [0.15, 0.2) is 180 Å². The third-order valence-corrected chi connectivity index (χ3v) is 23.0. The van der Waals surface area contributed by atoms with E-state index in [4.69, 9.17) is 15.5 Å². The van der Waals surface area contributed by atoms with Gasteiger partial charge in [0.25, 0.3) is 0 Å². The number of para-hydroxylation sites is 1. The first-order chi connectivity index (χ1) is 27.1. The summed E-state index contributed by atoms with van der Waals surface area (Å²) in [6, 6.07) is 60.1. The van der Waals surface area contributed by atoms with Crippen molar-refractivity contribution in [3.63, 3.8) is 0 Å². The summed E-state index contributed by atoms with van der Waals surface area (Å²) in [4.78, 5) is 0. The average molecular weight is 928 g/mol. The first-order valence-electron chi connectivity index (χ1n) is 18.4. The molecule has 2 aliphatic rings. The lowest BCUT2D eigenvalue weighted by Gasteiger charge is -2.20. The maximum Gasteiger partial charge on any atom is 0.137 e. The highest BCUT2D eigenvalue weighted by Gasteiger charge is 2.31. The predicted octanol–water partition coefficient (Wildman–Crippen LogP) is 14.0. The Hall–Kier alpha value is -5.57. The normalized spacial score (nSPS) is 14.7. The van der Waals surface area contributed by atoms with Crippen LogP contribution in [0.5, 0.6) is 0 Å². The van der Waals surface area contributed by atoms with Gasteiger partial charge >= 0.3 is 0 Å². The number of fused-ring (bicyclic) bond motifs is 11. The van der Waals surface area contributed by atoms with Crippen LogP contribution in [0.4, 0.5) is 0 Å². The minimum Gasteiger partial charge on any atom is -0.456 e. The van der Waals surface area contributed by atoms with Gasteiger partial charge in [-0.15, -0.1) is 18.9 Å². The fourth-order valence-electron chi connectivity index (χ4n) is 8.80. The molecule has 4 heteroatoms. The van der Waals surface area contributed by atoms with Crippen molar-refractivity contribution in [3.8, 4) is 5.69 Å². The Morgan fingerprint density at radius 3 is 2.05 bits per heavy atom.